The van der Waals surface area contributed by atoms with Crippen molar-refractivity contribution in [2.45, 2.75) is 36.5 Å². The molecule has 0 radical (unpaired) electrons. The van der Waals surface area contributed by atoms with Crippen molar-refractivity contribution in [3.8, 4) is 0 Å². The summed E-state index contributed by atoms with van der Waals surface area (Å²) in [6, 6.07) is 10.1. The van der Waals surface area contributed by atoms with Crippen LogP contribution in [0.2, 0.25) is 4.31 Å². The Bertz CT molecular complexity index is 508. The van der Waals surface area contributed by atoms with Gasteiger partial charge in [0.1, 0.15) is 0 Å². The number of hydrogen-bond acceptors (Lipinski definition) is 3. The molecule has 4 heteroatoms. The van der Waals surface area contributed by atoms with Gasteiger partial charge in [-0.25, -0.2) is 0 Å². The van der Waals surface area contributed by atoms with Gasteiger partial charge < -0.3 is 0 Å². The van der Waals surface area contributed by atoms with Crippen LogP contribution in [0, 0.1) is 0 Å². The average Bonchev–Trinajstić information content (AvgIpc) is 3.07. The van der Waals surface area contributed by atoms with Crippen LogP contribution in [0.3, 0.4) is 0 Å². The van der Waals surface area contributed by atoms with Gasteiger partial charge in [0.2, 0.25) is 0 Å². The fourth-order valence-electron chi connectivity index (χ4n) is 2.42. The molecule has 1 aromatic carbocycles. The zero-order chi connectivity index (χ0) is 13.3. The van der Waals surface area contributed by atoms with Crippen molar-refractivity contribution in [3.05, 3.63) is 35.9 Å². The maximum atomic E-state index is 12.0. The van der Waals surface area contributed by atoms with Gasteiger partial charge in [-0.3, -0.25) is 0 Å². The summed E-state index contributed by atoms with van der Waals surface area (Å²) in [7, 11) is 0. The zero-order valence-electron chi connectivity index (χ0n) is 11.0. The van der Waals surface area contributed by atoms with Gasteiger partial charge in [-0.15, -0.1) is 0 Å². The molecule has 0 saturated heterocycles. The van der Waals surface area contributed by atoms with E-state index >= 15 is 0 Å². The van der Waals surface area contributed by atoms with Crippen LogP contribution in [-0.4, -0.2) is 38.2 Å². The van der Waals surface area contributed by atoms with Gasteiger partial charge in [-0.2, -0.15) is 0 Å². The van der Waals surface area contributed by atoms with Crippen LogP contribution in [0.15, 0.2) is 35.3 Å². The van der Waals surface area contributed by atoms with Crippen LogP contribution in [0.4, 0.5) is 0 Å². The number of ether oxygens (including phenoxy) is 1. The monoisotopic (exact) mass is 323 g/mol. The Morgan fingerprint density at radius 2 is 2.16 bits per heavy atom. The first kappa shape index (κ1) is 12.9. The summed E-state index contributed by atoms with van der Waals surface area (Å²) in [5, 5.41) is 0. The minimum atomic E-state index is -0.217. The van der Waals surface area contributed by atoms with Crippen molar-refractivity contribution in [2.24, 2.45) is 4.99 Å². The molecule has 3 rings (SSSR count). The van der Waals surface area contributed by atoms with E-state index < -0.39 is 0 Å². The van der Waals surface area contributed by atoms with Gasteiger partial charge in [0.05, 0.1) is 0 Å². The molecular formula is C15H17NO2Se. The van der Waals surface area contributed by atoms with Crippen molar-refractivity contribution < 1.29 is 9.53 Å². The van der Waals surface area contributed by atoms with E-state index in [0.29, 0.717) is 21.6 Å². The summed E-state index contributed by atoms with van der Waals surface area (Å²) in [5.41, 5.74) is 1.28. The minimum absolute atomic E-state index is 0.120. The predicted octanol–water partition coefficient (Wildman–Crippen LogP) is 2.23. The summed E-state index contributed by atoms with van der Waals surface area (Å²) in [4.78, 5) is 16.7. The van der Waals surface area contributed by atoms with Crippen LogP contribution in [-0.2, 0) is 16.0 Å². The molecule has 3 nitrogen and oxygen atoms in total. The van der Waals surface area contributed by atoms with E-state index in [4.69, 9.17) is 4.74 Å². The number of carbonyl (C=O) groups excluding carboxylic acids is 1. The third-order valence-electron chi connectivity index (χ3n) is 3.54. The molecule has 1 fully saturated rings. The third kappa shape index (κ3) is 2.60. The van der Waals surface area contributed by atoms with Crippen molar-refractivity contribution in [1.82, 2.24) is 0 Å². The average molecular weight is 322 g/mol. The Labute approximate surface area is 119 Å². The van der Waals surface area contributed by atoms with Crippen LogP contribution in [0.1, 0.15) is 25.3 Å². The second-order valence-corrected chi connectivity index (χ2v) is 8.13. The van der Waals surface area contributed by atoms with Crippen LogP contribution >= 0.6 is 0 Å². The normalized spacial score (nSPS) is 23.2. The van der Waals surface area contributed by atoms with Gasteiger partial charge in [-0.05, 0) is 0 Å². The Morgan fingerprint density at radius 1 is 1.42 bits per heavy atom. The fourth-order valence-corrected chi connectivity index (χ4v) is 5.42. The molecule has 1 unspecified atom stereocenters. The van der Waals surface area contributed by atoms with E-state index in [-0.39, 0.29) is 16.3 Å². The molecule has 1 aromatic rings. The topological polar surface area (TPSA) is 38.7 Å². The molecule has 0 bridgehead atoms. The number of nitrogens with zero attached hydrogens (tertiary/aromatic N) is 1. The quantitative estimate of drug-likeness (QED) is 0.630. The Balaban J connectivity index is 1.73. The third-order valence-corrected chi connectivity index (χ3v) is 6.74. The van der Waals surface area contributed by atoms with E-state index in [9.17, 15) is 4.79 Å². The first-order valence-corrected chi connectivity index (χ1v) is 8.41. The zero-order valence-corrected chi connectivity index (χ0v) is 12.7. The number of esters is 1. The molecule has 1 spiro atoms. The number of aliphatic imine (C=N–C) groups is 1. The fraction of sp³-hybridized carbons (Fsp3) is 0.467. The van der Waals surface area contributed by atoms with Gasteiger partial charge in [0, 0.05) is 0 Å². The van der Waals surface area contributed by atoms with E-state index in [1.54, 1.807) is 0 Å². The Morgan fingerprint density at radius 3 is 2.79 bits per heavy atom. The summed E-state index contributed by atoms with van der Waals surface area (Å²) >= 11 is 0.347. The Kier molecular flexibility index (Phi) is 3.46. The van der Waals surface area contributed by atoms with Gasteiger partial charge in [0.15, 0.2) is 0 Å². The van der Waals surface area contributed by atoms with E-state index in [0.717, 1.165) is 19.3 Å². The summed E-state index contributed by atoms with van der Waals surface area (Å²) < 4.78 is 6.55. The summed E-state index contributed by atoms with van der Waals surface area (Å²) in [6.45, 7) is 2.30. The van der Waals surface area contributed by atoms with E-state index in [1.807, 2.05) is 25.1 Å². The van der Waals surface area contributed by atoms with Crippen LogP contribution in [0.5, 0.6) is 0 Å². The molecule has 100 valence electrons. The standard InChI is InChI=1S/C15H17NO2Se/c1-2-18-14(17)13-15(8-9-15)19-12(16-13)10-11-6-4-3-5-7-11/h3-7,13H,2,8-10H2,1H3. The maximum absolute atomic E-state index is 12.0. The van der Waals surface area contributed by atoms with Crippen molar-refractivity contribution in [1.29, 1.82) is 0 Å². The molecule has 1 heterocycles. The molecule has 1 atom stereocenters. The SMILES string of the molecule is CCOC(=O)C1N=C(Cc2ccccc2)[Se]C12CC2. The van der Waals surface area contributed by atoms with Crippen molar-refractivity contribution >= 4 is 25.5 Å². The molecule has 0 aromatic heterocycles. The summed E-state index contributed by atoms with van der Waals surface area (Å²) in [5.74, 6) is -0.120. The Hall–Kier alpha value is -1.12. The molecule has 1 aliphatic carbocycles. The second-order valence-electron chi connectivity index (χ2n) is 5.01. The second kappa shape index (κ2) is 5.10. The predicted molar refractivity (Wildman–Crippen MR) is 75.7 cm³/mol. The molecule has 1 saturated carbocycles. The molecule has 19 heavy (non-hydrogen) atoms. The van der Waals surface area contributed by atoms with Gasteiger partial charge >= 0.3 is 119 Å². The molecule has 0 N–H and O–H groups in total. The van der Waals surface area contributed by atoms with Crippen molar-refractivity contribution in [3.63, 3.8) is 0 Å². The molecule has 0 amide bonds. The molecule has 1 aliphatic heterocycles. The first-order valence-electron chi connectivity index (χ1n) is 6.70. The number of hydrogen-bond donors (Lipinski definition) is 0. The summed E-state index contributed by atoms with van der Waals surface area (Å²) in [6.07, 6.45) is 3.16. The number of carbonyl (C=O) groups is 1. The first-order chi connectivity index (χ1) is 9.23. The van der Waals surface area contributed by atoms with Crippen LogP contribution < -0.4 is 0 Å². The van der Waals surface area contributed by atoms with Crippen molar-refractivity contribution in [2.75, 3.05) is 6.61 Å². The van der Waals surface area contributed by atoms with Gasteiger partial charge in [0.25, 0.3) is 0 Å². The van der Waals surface area contributed by atoms with Crippen LogP contribution in [0.25, 0.3) is 0 Å². The van der Waals surface area contributed by atoms with E-state index in [1.165, 1.54) is 10.2 Å². The van der Waals surface area contributed by atoms with Gasteiger partial charge in [-0.1, -0.05) is 0 Å². The van der Waals surface area contributed by atoms with E-state index in [2.05, 4.69) is 17.1 Å². The number of benzene rings is 1. The molecule has 2 aliphatic rings. The number of rotatable bonds is 4. The molecular weight excluding hydrogens is 305 g/mol.